The fourth-order valence-corrected chi connectivity index (χ4v) is 2.91. The third kappa shape index (κ3) is 4.14. The number of ether oxygens (including phenoxy) is 1. The molecule has 28 heavy (non-hydrogen) atoms. The number of nitrogens with zero attached hydrogens (tertiary/aromatic N) is 4. The van der Waals surface area contributed by atoms with Crippen molar-refractivity contribution in [3.8, 4) is 11.1 Å². The van der Waals surface area contributed by atoms with Gasteiger partial charge in [-0.3, -0.25) is 14.5 Å². The molecular formula is C19H19F3N4O2. The van der Waals surface area contributed by atoms with Crippen LogP contribution in [0.2, 0.25) is 0 Å². The summed E-state index contributed by atoms with van der Waals surface area (Å²) >= 11 is 0. The predicted molar refractivity (Wildman–Crippen MR) is 97.4 cm³/mol. The Morgan fingerprint density at radius 2 is 2.04 bits per heavy atom. The number of amides is 1. The summed E-state index contributed by atoms with van der Waals surface area (Å²) in [6.45, 7) is 0.749. The van der Waals surface area contributed by atoms with Crippen molar-refractivity contribution in [1.82, 2.24) is 19.7 Å². The van der Waals surface area contributed by atoms with Gasteiger partial charge in [0.15, 0.2) is 0 Å². The van der Waals surface area contributed by atoms with Crippen LogP contribution in [0, 0.1) is 5.82 Å². The van der Waals surface area contributed by atoms with Gasteiger partial charge in [0.25, 0.3) is 6.43 Å². The summed E-state index contributed by atoms with van der Waals surface area (Å²) in [4.78, 5) is 16.6. The first-order chi connectivity index (χ1) is 13.4. The molecule has 0 spiro atoms. The molecule has 148 valence electrons. The van der Waals surface area contributed by atoms with Crippen LogP contribution < -0.4 is 0 Å². The Kier molecular flexibility index (Phi) is 5.93. The van der Waals surface area contributed by atoms with Gasteiger partial charge in [-0.1, -0.05) is 6.07 Å². The van der Waals surface area contributed by atoms with E-state index in [-0.39, 0.29) is 6.10 Å². The fourth-order valence-electron chi connectivity index (χ4n) is 2.91. The number of likely N-dealkylation sites (N-methyl/N-ethyl adjacent to an activating group) is 1. The van der Waals surface area contributed by atoms with E-state index in [4.69, 9.17) is 4.74 Å². The Hall–Kier alpha value is -2.94. The lowest BCUT2D eigenvalue weighted by atomic mass is 10.0. The first-order valence-corrected chi connectivity index (χ1v) is 8.50. The van der Waals surface area contributed by atoms with E-state index in [2.05, 4.69) is 10.1 Å². The summed E-state index contributed by atoms with van der Waals surface area (Å²) in [6, 6.07) is 5.34. The van der Waals surface area contributed by atoms with Gasteiger partial charge in [0.05, 0.1) is 29.9 Å². The molecule has 9 heteroatoms. The van der Waals surface area contributed by atoms with Crippen molar-refractivity contribution in [3.63, 3.8) is 0 Å². The summed E-state index contributed by atoms with van der Waals surface area (Å²) in [7, 11) is 3.19. The number of methoxy groups -OCH3 is 1. The summed E-state index contributed by atoms with van der Waals surface area (Å²) < 4.78 is 46.6. The van der Waals surface area contributed by atoms with E-state index < -0.39 is 17.8 Å². The van der Waals surface area contributed by atoms with Crippen LogP contribution in [0.1, 0.15) is 12.0 Å². The highest BCUT2D eigenvalue weighted by molar-refractivity contribution is 5.80. The Labute approximate surface area is 159 Å². The van der Waals surface area contributed by atoms with Gasteiger partial charge in [-0.2, -0.15) is 5.10 Å². The molecule has 0 saturated heterocycles. The minimum atomic E-state index is -2.90. The standard InChI is InChI=1S/C19H19F3N4O2/c1-25(11-27)9-14(28-2)10-26-18-6-13(7-23-17(18)8-24-26)12-3-4-16(20)15(5-12)19(21)22/h3-8,11,14,19H,9-10H2,1-2H3. The molecule has 1 amide bonds. The quantitative estimate of drug-likeness (QED) is 0.552. The van der Waals surface area contributed by atoms with Crippen LogP contribution in [0.3, 0.4) is 0 Å². The molecule has 1 unspecified atom stereocenters. The van der Waals surface area contributed by atoms with E-state index in [1.165, 1.54) is 17.2 Å². The largest absolute Gasteiger partial charge is 0.378 e. The summed E-state index contributed by atoms with van der Waals surface area (Å²) in [5, 5.41) is 4.30. The van der Waals surface area contributed by atoms with Crippen LogP contribution in [0.4, 0.5) is 13.2 Å². The van der Waals surface area contributed by atoms with Crippen molar-refractivity contribution in [2.45, 2.75) is 19.1 Å². The molecule has 2 heterocycles. The molecule has 1 atom stereocenters. The second kappa shape index (κ2) is 8.39. The minimum Gasteiger partial charge on any atom is -0.378 e. The van der Waals surface area contributed by atoms with Gasteiger partial charge in [-0.05, 0) is 23.8 Å². The molecule has 3 aromatic rings. The smallest absolute Gasteiger partial charge is 0.266 e. The normalized spacial score (nSPS) is 12.5. The molecule has 0 aliphatic heterocycles. The summed E-state index contributed by atoms with van der Waals surface area (Å²) in [5.41, 5.74) is 1.65. The van der Waals surface area contributed by atoms with Crippen LogP contribution in [0.25, 0.3) is 22.2 Å². The number of alkyl halides is 2. The minimum absolute atomic E-state index is 0.293. The van der Waals surface area contributed by atoms with Crippen molar-refractivity contribution >= 4 is 17.4 Å². The molecule has 2 aromatic heterocycles. The maximum Gasteiger partial charge on any atom is 0.266 e. The number of hydrogen-bond donors (Lipinski definition) is 0. The molecule has 1 aromatic carbocycles. The Morgan fingerprint density at radius 3 is 2.71 bits per heavy atom. The van der Waals surface area contributed by atoms with E-state index in [9.17, 15) is 18.0 Å². The molecule has 0 aliphatic carbocycles. The van der Waals surface area contributed by atoms with Gasteiger partial charge >= 0.3 is 0 Å². The predicted octanol–water partition coefficient (Wildman–Crippen LogP) is 3.28. The lowest BCUT2D eigenvalue weighted by Gasteiger charge is -2.20. The molecule has 0 N–H and O–H groups in total. The molecule has 0 aliphatic rings. The Morgan fingerprint density at radius 1 is 1.25 bits per heavy atom. The van der Waals surface area contributed by atoms with E-state index in [1.807, 2.05) is 0 Å². The second-order valence-corrected chi connectivity index (χ2v) is 6.39. The van der Waals surface area contributed by atoms with E-state index >= 15 is 0 Å². The molecule has 0 radical (unpaired) electrons. The van der Waals surface area contributed by atoms with Crippen molar-refractivity contribution < 1.29 is 22.7 Å². The number of carbonyl (C=O) groups is 1. The zero-order valence-electron chi connectivity index (χ0n) is 15.3. The average molecular weight is 392 g/mol. The molecule has 0 fully saturated rings. The number of carbonyl (C=O) groups excluding carboxylic acids is 1. The maximum absolute atomic E-state index is 13.6. The van der Waals surface area contributed by atoms with Gasteiger partial charge in [-0.15, -0.1) is 0 Å². The molecule has 6 nitrogen and oxygen atoms in total. The number of halogens is 3. The van der Waals surface area contributed by atoms with E-state index in [0.29, 0.717) is 41.7 Å². The maximum atomic E-state index is 13.6. The van der Waals surface area contributed by atoms with Crippen LogP contribution in [-0.4, -0.2) is 52.9 Å². The Bertz CT molecular complexity index is 977. The first-order valence-electron chi connectivity index (χ1n) is 8.50. The second-order valence-electron chi connectivity index (χ2n) is 6.39. The highest BCUT2D eigenvalue weighted by Gasteiger charge is 2.17. The molecule has 3 rings (SSSR count). The fraction of sp³-hybridized carbons (Fsp3) is 0.316. The highest BCUT2D eigenvalue weighted by atomic mass is 19.3. The van der Waals surface area contributed by atoms with Gasteiger partial charge in [0.1, 0.15) is 11.3 Å². The number of benzene rings is 1. The van der Waals surface area contributed by atoms with Gasteiger partial charge in [0, 0.05) is 32.5 Å². The van der Waals surface area contributed by atoms with Crippen molar-refractivity contribution in [2.75, 3.05) is 20.7 Å². The van der Waals surface area contributed by atoms with Gasteiger partial charge < -0.3 is 9.64 Å². The Balaban J connectivity index is 1.94. The third-order valence-corrected chi connectivity index (χ3v) is 4.44. The lowest BCUT2D eigenvalue weighted by Crippen LogP contribution is -2.33. The number of aromatic nitrogens is 3. The number of hydrogen-bond acceptors (Lipinski definition) is 4. The van der Waals surface area contributed by atoms with Gasteiger partial charge in [-0.25, -0.2) is 13.2 Å². The number of pyridine rings is 1. The number of rotatable bonds is 8. The molecule has 0 saturated carbocycles. The van der Waals surface area contributed by atoms with Crippen molar-refractivity contribution in [3.05, 3.63) is 48.0 Å². The van der Waals surface area contributed by atoms with E-state index in [0.717, 1.165) is 12.1 Å². The zero-order valence-corrected chi connectivity index (χ0v) is 15.3. The molecular weight excluding hydrogens is 373 g/mol. The SMILES string of the molecule is COC(CN(C)C=O)Cn1ncc2ncc(-c3ccc(F)c(C(F)F)c3)cc21. The van der Waals surface area contributed by atoms with Crippen molar-refractivity contribution in [1.29, 1.82) is 0 Å². The van der Waals surface area contributed by atoms with Crippen molar-refractivity contribution in [2.24, 2.45) is 0 Å². The summed E-state index contributed by atoms with van der Waals surface area (Å²) in [5.74, 6) is -0.944. The molecule has 0 bridgehead atoms. The van der Waals surface area contributed by atoms with Gasteiger partial charge in [0.2, 0.25) is 6.41 Å². The number of fused-ring (bicyclic) bond motifs is 1. The van der Waals surface area contributed by atoms with E-state index in [1.54, 1.807) is 31.1 Å². The highest BCUT2D eigenvalue weighted by Crippen LogP contribution is 2.29. The lowest BCUT2D eigenvalue weighted by molar-refractivity contribution is -0.118. The monoisotopic (exact) mass is 392 g/mol. The zero-order chi connectivity index (χ0) is 20.3. The summed E-state index contributed by atoms with van der Waals surface area (Å²) in [6.07, 6.45) is 0.634. The first kappa shape index (κ1) is 19.8. The third-order valence-electron chi connectivity index (χ3n) is 4.44. The van der Waals surface area contributed by atoms with Crippen LogP contribution in [0.15, 0.2) is 36.7 Å². The topological polar surface area (TPSA) is 60.2 Å². The average Bonchev–Trinajstić information content (AvgIpc) is 3.09. The van der Waals surface area contributed by atoms with Crippen LogP contribution >= 0.6 is 0 Å². The van der Waals surface area contributed by atoms with Crippen LogP contribution in [0.5, 0.6) is 0 Å². The van der Waals surface area contributed by atoms with Crippen LogP contribution in [-0.2, 0) is 16.1 Å².